The van der Waals surface area contributed by atoms with E-state index in [1.165, 1.54) is 0 Å². The highest BCUT2D eigenvalue weighted by Gasteiger charge is 2.08. The zero-order chi connectivity index (χ0) is 9.61. The van der Waals surface area contributed by atoms with Crippen molar-refractivity contribution >= 4 is 21.6 Å². The second-order valence-corrected chi connectivity index (χ2v) is 7.06. The average molecular weight is 210 g/mol. The van der Waals surface area contributed by atoms with Crippen molar-refractivity contribution in [2.45, 2.75) is 32.4 Å². The summed E-state index contributed by atoms with van der Waals surface area (Å²) in [6, 6.07) is 0. The smallest absolute Gasteiger partial charge is 0.151 e. The lowest BCUT2D eigenvalue weighted by Crippen LogP contribution is -2.12. The van der Waals surface area contributed by atoms with Crippen LogP contribution in [0, 0.1) is 0 Å². The molecule has 0 spiro atoms. The van der Waals surface area contributed by atoms with Crippen LogP contribution in [-0.2, 0) is 9.84 Å². The fraction of sp³-hybridized carbons (Fsp3) is 1.00. The SMILES string of the molecule is CCCS(=O)(=O)CCSC(C)C. The Morgan fingerprint density at radius 2 is 1.83 bits per heavy atom. The molecule has 0 N–H and O–H groups in total. The van der Waals surface area contributed by atoms with E-state index < -0.39 is 9.84 Å². The van der Waals surface area contributed by atoms with Crippen LogP contribution in [0.15, 0.2) is 0 Å². The maximum atomic E-state index is 11.2. The lowest BCUT2D eigenvalue weighted by atomic mass is 10.6. The average Bonchev–Trinajstić information content (AvgIpc) is 1.85. The summed E-state index contributed by atoms with van der Waals surface area (Å²) < 4.78 is 22.4. The van der Waals surface area contributed by atoms with Gasteiger partial charge in [-0.05, 0) is 11.7 Å². The van der Waals surface area contributed by atoms with Gasteiger partial charge in [0.2, 0.25) is 0 Å². The predicted octanol–water partition coefficient (Wildman–Crippen LogP) is 1.95. The molecule has 12 heavy (non-hydrogen) atoms. The number of rotatable bonds is 6. The van der Waals surface area contributed by atoms with Crippen molar-refractivity contribution in [2.75, 3.05) is 17.3 Å². The van der Waals surface area contributed by atoms with Gasteiger partial charge in [-0.3, -0.25) is 0 Å². The molecule has 4 heteroatoms. The van der Waals surface area contributed by atoms with E-state index in [4.69, 9.17) is 0 Å². The molecule has 0 aliphatic carbocycles. The summed E-state index contributed by atoms with van der Waals surface area (Å²) in [6.45, 7) is 6.06. The van der Waals surface area contributed by atoms with Gasteiger partial charge in [0.15, 0.2) is 9.84 Å². The molecular weight excluding hydrogens is 192 g/mol. The molecule has 0 aromatic heterocycles. The van der Waals surface area contributed by atoms with Crippen LogP contribution in [-0.4, -0.2) is 30.9 Å². The third-order valence-electron chi connectivity index (χ3n) is 1.36. The normalized spacial score (nSPS) is 12.3. The van der Waals surface area contributed by atoms with Gasteiger partial charge >= 0.3 is 0 Å². The first-order valence-electron chi connectivity index (χ1n) is 4.30. The van der Waals surface area contributed by atoms with Crippen LogP contribution in [0.1, 0.15) is 27.2 Å². The predicted molar refractivity (Wildman–Crippen MR) is 56.5 cm³/mol. The van der Waals surface area contributed by atoms with Gasteiger partial charge in [-0.15, -0.1) is 0 Å². The van der Waals surface area contributed by atoms with Crippen LogP contribution in [0.5, 0.6) is 0 Å². The fourth-order valence-electron chi connectivity index (χ4n) is 0.824. The summed E-state index contributed by atoms with van der Waals surface area (Å²) in [5.74, 6) is 1.41. The molecule has 0 atom stereocenters. The van der Waals surface area contributed by atoms with Crippen molar-refractivity contribution in [3.63, 3.8) is 0 Å². The van der Waals surface area contributed by atoms with Crippen molar-refractivity contribution < 1.29 is 8.42 Å². The zero-order valence-electron chi connectivity index (χ0n) is 8.04. The van der Waals surface area contributed by atoms with Gasteiger partial charge in [0.1, 0.15) is 0 Å². The first-order chi connectivity index (χ1) is 5.48. The summed E-state index contributed by atoms with van der Waals surface area (Å²) in [5, 5.41) is 0.529. The molecule has 0 aromatic rings. The Labute approximate surface area is 80.0 Å². The molecule has 0 amide bonds. The quantitative estimate of drug-likeness (QED) is 0.672. The van der Waals surface area contributed by atoms with Gasteiger partial charge < -0.3 is 0 Å². The third-order valence-corrected chi connectivity index (χ3v) is 4.58. The number of hydrogen-bond donors (Lipinski definition) is 0. The Hall–Kier alpha value is 0.300. The van der Waals surface area contributed by atoms with Gasteiger partial charge in [-0.2, -0.15) is 11.8 Å². The molecule has 0 saturated carbocycles. The molecule has 0 fully saturated rings. The van der Waals surface area contributed by atoms with Gasteiger partial charge in [0.25, 0.3) is 0 Å². The van der Waals surface area contributed by atoms with Gasteiger partial charge in [0.05, 0.1) is 5.75 Å². The highest BCUT2D eigenvalue weighted by atomic mass is 32.2. The van der Waals surface area contributed by atoms with Crippen LogP contribution >= 0.6 is 11.8 Å². The topological polar surface area (TPSA) is 34.1 Å². The molecule has 0 aliphatic heterocycles. The van der Waals surface area contributed by atoms with E-state index >= 15 is 0 Å². The van der Waals surface area contributed by atoms with E-state index in [0.717, 1.165) is 12.2 Å². The Bertz CT molecular complexity index is 195. The van der Waals surface area contributed by atoms with Crippen molar-refractivity contribution in [3.8, 4) is 0 Å². The molecule has 0 saturated heterocycles. The summed E-state index contributed by atoms with van der Waals surface area (Å²) in [4.78, 5) is 0. The summed E-state index contributed by atoms with van der Waals surface area (Å²) >= 11 is 1.70. The standard InChI is InChI=1S/C8H18O2S2/c1-4-6-12(9,10)7-5-11-8(2)3/h8H,4-7H2,1-3H3. The monoisotopic (exact) mass is 210 g/mol. The lowest BCUT2D eigenvalue weighted by Gasteiger charge is -2.04. The van der Waals surface area contributed by atoms with Gasteiger partial charge in [-0.1, -0.05) is 20.8 Å². The minimum Gasteiger partial charge on any atom is -0.229 e. The Morgan fingerprint density at radius 3 is 2.25 bits per heavy atom. The highest BCUT2D eigenvalue weighted by Crippen LogP contribution is 2.09. The van der Waals surface area contributed by atoms with E-state index in [1.807, 2.05) is 6.92 Å². The number of hydrogen-bond acceptors (Lipinski definition) is 3. The maximum Gasteiger partial charge on any atom is 0.151 e. The highest BCUT2D eigenvalue weighted by molar-refractivity contribution is 8.01. The molecular formula is C8H18O2S2. The Kier molecular flexibility index (Phi) is 6.01. The van der Waals surface area contributed by atoms with E-state index in [0.29, 0.717) is 16.8 Å². The second-order valence-electron chi connectivity index (χ2n) is 3.07. The Morgan fingerprint density at radius 1 is 1.25 bits per heavy atom. The summed E-state index contributed by atoms with van der Waals surface area (Å²) in [5.41, 5.74) is 0. The molecule has 0 radical (unpaired) electrons. The van der Waals surface area contributed by atoms with Crippen LogP contribution in [0.4, 0.5) is 0 Å². The van der Waals surface area contributed by atoms with Crippen molar-refractivity contribution in [1.82, 2.24) is 0 Å². The van der Waals surface area contributed by atoms with Crippen molar-refractivity contribution in [1.29, 1.82) is 0 Å². The van der Waals surface area contributed by atoms with Crippen LogP contribution in [0.2, 0.25) is 0 Å². The minimum absolute atomic E-state index is 0.337. The molecule has 0 unspecified atom stereocenters. The molecule has 0 rings (SSSR count). The molecule has 0 bridgehead atoms. The van der Waals surface area contributed by atoms with Crippen LogP contribution in [0.25, 0.3) is 0 Å². The third kappa shape index (κ3) is 6.98. The van der Waals surface area contributed by atoms with E-state index in [1.54, 1.807) is 11.8 Å². The number of sulfone groups is 1. The van der Waals surface area contributed by atoms with Gasteiger partial charge in [-0.25, -0.2) is 8.42 Å². The van der Waals surface area contributed by atoms with E-state index in [9.17, 15) is 8.42 Å². The van der Waals surface area contributed by atoms with Crippen LogP contribution < -0.4 is 0 Å². The van der Waals surface area contributed by atoms with Crippen molar-refractivity contribution in [3.05, 3.63) is 0 Å². The van der Waals surface area contributed by atoms with E-state index in [2.05, 4.69) is 13.8 Å². The van der Waals surface area contributed by atoms with Crippen LogP contribution in [0.3, 0.4) is 0 Å². The fourth-order valence-corrected chi connectivity index (χ4v) is 3.52. The molecule has 2 nitrogen and oxygen atoms in total. The zero-order valence-corrected chi connectivity index (χ0v) is 9.67. The molecule has 0 aromatic carbocycles. The summed E-state index contributed by atoms with van der Waals surface area (Å²) in [6.07, 6.45) is 0.731. The molecule has 0 aliphatic rings. The largest absolute Gasteiger partial charge is 0.229 e. The first kappa shape index (κ1) is 12.3. The Balaban J connectivity index is 3.62. The lowest BCUT2D eigenvalue weighted by molar-refractivity contribution is 0.596. The van der Waals surface area contributed by atoms with Gasteiger partial charge in [0, 0.05) is 11.5 Å². The van der Waals surface area contributed by atoms with Crippen molar-refractivity contribution in [2.24, 2.45) is 0 Å². The maximum absolute atomic E-state index is 11.2. The second kappa shape index (κ2) is 5.86. The molecule has 74 valence electrons. The number of thioether (sulfide) groups is 1. The first-order valence-corrected chi connectivity index (χ1v) is 7.17. The van der Waals surface area contributed by atoms with E-state index in [-0.39, 0.29) is 0 Å². The minimum atomic E-state index is -2.75. The molecule has 0 heterocycles. The summed E-state index contributed by atoms with van der Waals surface area (Å²) in [7, 11) is -2.75.